The molecule has 9 nitrogen and oxygen atoms in total. The molecule has 0 unspecified atom stereocenters. The number of esters is 2. The number of nitro groups is 1. The van der Waals surface area contributed by atoms with Crippen molar-refractivity contribution < 1.29 is 28.8 Å². The van der Waals surface area contributed by atoms with Crippen LogP contribution in [0.5, 0.6) is 0 Å². The summed E-state index contributed by atoms with van der Waals surface area (Å²) in [5.74, 6) is -0.802. The lowest BCUT2D eigenvalue weighted by molar-refractivity contribution is -0.384. The van der Waals surface area contributed by atoms with Gasteiger partial charge in [-0.25, -0.2) is 9.59 Å². The zero-order chi connectivity index (χ0) is 21.0. The molecule has 156 valence electrons. The van der Waals surface area contributed by atoms with Gasteiger partial charge in [0.25, 0.3) is 11.6 Å². The fraction of sp³-hybridized carbons (Fsp3) is 0.550. The third-order valence-corrected chi connectivity index (χ3v) is 5.76. The zero-order valence-electron chi connectivity index (χ0n) is 16.3. The van der Waals surface area contributed by atoms with Gasteiger partial charge in [0.2, 0.25) is 0 Å². The van der Waals surface area contributed by atoms with E-state index in [9.17, 15) is 24.5 Å². The molecule has 2 atom stereocenters. The molecule has 9 heteroatoms. The van der Waals surface area contributed by atoms with Crippen LogP contribution in [0.3, 0.4) is 0 Å². The second-order valence-corrected chi connectivity index (χ2v) is 7.53. The fourth-order valence-corrected chi connectivity index (χ4v) is 4.20. The molecular weight excluding hydrogens is 380 g/mol. The molecule has 0 radical (unpaired) electrons. The molecule has 0 spiro atoms. The van der Waals surface area contributed by atoms with Crippen molar-refractivity contribution in [3.63, 3.8) is 0 Å². The molecule has 1 aromatic carbocycles. The van der Waals surface area contributed by atoms with E-state index in [1.807, 2.05) is 0 Å². The van der Waals surface area contributed by atoms with Gasteiger partial charge in [0, 0.05) is 25.2 Å². The summed E-state index contributed by atoms with van der Waals surface area (Å²) in [6.07, 6.45) is 5.75. The molecule has 2 fully saturated rings. The van der Waals surface area contributed by atoms with Crippen LogP contribution in [0.25, 0.3) is 0 Å². The van der Waals surface area contributed by atoms with E-state index in [4.69, 9.17) is 4.74 Å². The van der Waals surface area contributed by atoms with Crippen molar-refractivity contribution in [2.75, 3.05) is 26.8 Å². The van der Waals surface area contributed by atoms with E-state index in [0.717, 1.165) is 38.2 Å². The Morgan fingerprint density at radius 1 is 1.07 bits per heavy atom. The Hall–Kier alpha value is -2.97. The highest BCUT2D eigenvalue weighted by Gasteiger charge is 2.33. The van der Waals surface area contributed by atoms with E-state index in [0.29, 0.717) is 24.9 Å². The minimum absolute atomic E-state index is 0.139. The van der Waals surface area contributed by atoms with E-state index in [1.165, 1.54) is 19.3 Å². The molecule has 1 aromatic rings. The molecule has 0 N–H and O–H groups in total. The minimum atomic E-state index is -0.903. The summed E-state index contributed by atoms with van der Waals surface area (Å²) in [5, 5.41) is 11.1. The lowest BCUT2D eigenvalue weighted by atomic mass is 9.75. The van der Waals surface area contributed by atoms with Crippen molar-refractivity contribution in [3.8, 4) is 0 Å². The first-order valence-corrected chi connectivity index (χ1v) is 9.71. The maximum absolute atomic E-state index is 12.5. The maximum atomic E-state index is 12.5. The molecule has 3 rings (SSSR count). The summed E-state index contributed by atoms with van der Waals surface area (Å²) in [6, 6.07) is 3.17. The maximum Gasteiger partial charge on any atom is 0.338 e. The first-order valence-electron chi connectivity index (χ1n) is 9.71. The standard InChI is InChI=1S/C20H24N2O7/c1-28-19(24)15-8-16(10-17(9-15)22(26)27)20(25)29-12-18(23)21-7-6-13-4-2-3-5-14(13)11-21/h8-10,13-14H,2-7,11-12H2,1H3/t13-,14+/m0/s1. The van der Waals surface area contributed by atoms with Crippen molar-refractivity contribution in [2.45, 2.75) is 32.1 Å². The minimum Gasteiger partial charge on any atom is -0.465 e. The number of amides is 1. The van der Waals surface area contributed by atoms with Gasteiger partial charge in [-0.3, -0.25) is 14.9 Å². The molecule has 1 aliphatic heterocycles. The summed E-state index contributed by atoms with van der Waals surface area (Å²) < 4.78 is 9.63. The monoisotopic (exact) mass is 404 g/mol. The van der Waals surface area contributed by atoms with Crippen LogP contribution in [0.1, 0.15) is 52.8 Å². The van der Waals surface area contributed by atoms with Gasteiger partial charge in [-0.15, -0.1) is 0 Å². The second kappa shape index (κ2) is 9.02. The van der Waals surface area contributed by atoms with Gasteiger partial charge in [-0.1, -0.05) is 19.3 Å². The Balaban J connectivity index is 1.62. The average molecular weight is 404 g/mol. The summed E-state index contributed by atoms with van der Waals surface area (Å²) in [7, 11) is 1.13. The van der Waals surface area contributed by atoms with Crippen LogP contribution < -0.4 is 0 Å². The molecule has 0 aromatic heterocycles. The number of rotatable bonds is 5. The highest BCUT2D eigenvalue weighted by molar-refractivity contribution is 5.97. The number of fused-ring (bicyclic) bond motifs is 1. The van der Waals surface area contributed by atoms with Crippen LogP contribution >= 0.6 is 0 Å². The van der Waals surface area contributed by atoms with Crippen LogP contribution in [0.4, 0.5) is 5.69 Å². The topological polar surface area (TPSA) is 116 Å². The quantitative estimate of drug-likeness (QED) is 0.421. The average Bonchev–Trinajstić information content (AvgIpc) is 2.75. The number of nitrogens with zero attached hydrogens (tertiary/aromatic N) is 2. The number of ether oxygens (including phenoxy) is 2. The van der Waals surface area contributed by atoms with E-state index in [1.54, 1.807) is 4.90 Å². The number of non-ortho nitro benzene ring substituents is 1. The van der Waals surface area contributed by atoms with Gasteiger partial charge in [-0.2, -0.15) is 0 Å². The largest absolute Gasteiger partial charge is 0.465 e. The molecule has 1 amide bonds. The number of piperidine rings is 1. The number of nitro benzene ring substituents is 1. The number of benzene rings is 1. The Morgan fingerprint density at radius 3 is 2.38 bits per heavy atom. The predicted molar refractivity (Wildman–Crippen MR) is 101 cm³/mol. The highest BCUT2D eigenvalue weighted by Crippen LogP contribution is 2.36. The van der Waals surface area contributed by atoms with Gasteiger partial charge in [0.15, 0.2) is 6.61 Å². The Kier molecular flexibility index (Phi) is 6.46. The predicted octanol–water partition coefficient (Wildman–Crippen LogP) is 2.58. The van der Waals surface area contributed by atoms with Crippen molar-refractivity contribution in [3.05, 3.63) is 39.4 Å². The number of carbonyl (C=O) groups excluding carboxylic acids is 3. The Morgan fingerprint density at radius 2 is 1.72 bits per heavy atom. The smallest absolute Gasteiger partial charge is 0.338 e. The summed E-state index contributed by atoms with van der Waals surface area (Å²) in [5.41, 5.74) is -0.761. The molecule has 1 aliphatic carbocycles. The van der Waals surface area contributed by atoms with Crippen LogP contribution in [-0.4, -0.2) is 54.5 Å². The first kappa shape index (κ1) is 20.8. The molecular formula is C20H24N2O7. The second-order valence-electron chi connectivity index (χ2n) is 7.53. The van der Waals surface area contributed by atoms with Gasteiger partial charge < -0.3 is 14.4 Å². The third kappa shape index (κ3) is 4.90. The van der Waals surface area contributed by atoms with Gasteiger partial charge in [-0.05, 0) is 30.7 Å². The van der Waals surface area contributed by atoms with Crippen LogP contribution in [-0.2, 0) is 14.3 Å². The van der Waals surface area contributed by atoms with Crippen molar-refractivity contribution >= 4 is 23.5 Å². The van der Waals surface area contributed by atoms with E-state index in [2.05, 4.69) is 4.74 Å². The van der Waals surface area contributed by atoms with Crippen molar-refractivity contribution in [1.29, 1.82) is 0 Å². The van der Waals surface area contributed by atoms with E-state index >= 15 is 0 Å². The molecule has 0 bridgehead atoms. The SMILES string of the molecule is COC(=O)c1cc(C(=O)OCC(=O)N2CC[C@@H]3CCCC[C@@H]3C2)cc([N+](=O)[O-])c1. The van der Waals surface area contributed by atoms with E-state index < -0.39 is 29.2 Å². The fourth-order valence-electron chi connectivity index (χ4n) is 4.20. The molecule has 1 saturated carbocycles. The van der Waals surface area contributed by atoms with Crippen molar-refractivity contribution in [2.24, 2.45) is 11.8 Å². The number of hydrogen-bond donors (Lipinski definition) is 0. The number of methoxy groups -OCH3 is 1. The summed E-state index contributed by atoms with van der Waals surface area (Å²) in [6.45, 7) is 0.900. The molecule has 1 heterocycles. The van der Waals surface area contributed by atoms with Gasteiger partial charge >= 0.3 is 11.9 Å². The normalized spacial score (nSPS) is 21.1. The third-order valence-electron chi connectivity index (χ3n) is 5.76. The number of carbonyl (C=O) groups is 3. The number of likely N-dealkylation sites (tertiary alicyclic amines) is 1. The lowest BCUT2D eigenvalue weighted by Crippen LogP contribution is -2.46. The molecule has 29 heavy (non-hydrogen) atoms. The summed E-state index contributed by atoms with van der Waals surface area (Å²) >= 11 is 0. The Bertz CT molecular complexity index is 823. The van der Waals surface area contributed by atoms with Crippen LogP contribution in [0.15, 0.2) is 18.2 Å². The van der Waals surface area contributed by atoms with Crippen molar-refractivity contribution in [1.82, 2.24) is 4.90 Å². The zero-order valence-corrected chi connectivity index (χ0v) is 16.3. The molecule has 2 aliphatic rings. The number of hydrogen-bond acceptors (Lipinski definition) is 7. The van der Waals surface area contributed by atoms with E-state index in [-0.39, 0.29) is 17.0 Å². The summed E-state index contributed by atoms with van der Waals surface area (Å²) in [4.78, 5) is 48.6. The molecule has 1 saturated heterocycles. The lowest BCUT2D eigenvalue weighted by Gasteiger charge is -2.41. The van der Waals surface area contributed by atoms with Crippen LogP contribution in [0, 0.1) is 22.0 Å². The first-order chi connectivity index (χ1) is 13.9. The Labute approximate surface area is 168 Å². The van der Waals surface area contributed by atoms with Gasteiger partial charge in [0.05, 0.1) is 23.2 Å². The van der Waals surface area contributed by atoms with Crippen LogP contribution in [0.2, 0.25) is 0 Å². The van der Waals surface area contributed by atoms with Gasteiger partial charge in [0.1, 0.15) is 0 Å². The highest BCUT2D eigenvalue weighted by atomic mass is 16.6.